The fourth-order valence-electron chi connectivity index (χ4n) is 3.32. The predicted molar refractivity (Wildman–Crippen MR) is 69.3 cm³/mol. The third-order valence-electron chi connectivity index (χ3n) is 3.90. The second kappa shape index (κ2) is 6.42. The number of hydrogen-bond donors (Lipinski definition) is 0. The monoisotopic (exact) mass is 224 g/mol. The SMILES string of the molecule is CC(C)CC1CCC(C=O)C(CC(C)C)C1. The number of carbonyl (C=O) groups is 1. The standard InChI is InChI=1S/C15H28O/c1-11(2)7-13-5-6-14(10-16)15(9-13)8-12(3)4/h10-15H,5-9H2,1-4H3. The summed E-state index contributed by atoms with van der Waals surface area (Å²) in [5.41, 5.74) is 0. The zero-order valence-corrected chi connectivity index (χ0v) is 11.4. The van der Waals surface area contributed by atoms with Crippen LogP contribution in [-0.4, -0.2) is 6.29 Å². The van der Waals surface area contributed by atoms with Gasteiger partial charge in [-0.3, -0.25) is 0 Å². The van der Waals surface area contributed by atoms with Gasteiger partial charge in [-0.15, -0.1) is 0 Å². The molecule has 1 heteroatoms. The van der Waals surface area contributed by atoms with Gasteiger partial charge in [-0.05, 0) is 55.8 Å². The van der Waals surface area contributed by atoms with E-state index in [1.54, 1.807) is 0 Å². The van der Waals surface area contributed by atoms with Crippen LogP contribution in [0.4, 0.5) is 0 Å². The van der Waals surface area contributed by atoms with Gasteiger partial charge in [-0.1, -0.05) is 27.7 Å². The minimum Gasteiger partial charge on any atom is -0.303 e. The van der Waals surface area contributed by atoms with Crippen molar-refractivity contribution in [3.05, 3.63) is 0 Å². The van der Waals surface area contributed by atoms with Crippen LogP contribution < -0.4 is 0 Å². The van der Waals surface area contributed by atoms with Gasteiger partial charge in [0.15, 0.2) is 0 Å². The maximum absolute atomic E-state index is 11.1. The molecular formula is C15H28O. The van der Waals surface area contributed by atoms with E-state index in [1.807, 2.05) is 0 Å². The molecule has 0 bridgehead atoms. The summed E-state index contributed by atoms with van der Waals surface area (Å²) in [5, 5.41) is 0. The molecule has 94 valence electrons. The van der Waals surface area contributed by atoms with Gasteiger partial charge in [0.05, 0.1) is 0 Å². The van der Waals surface area contributed by atoms with Crippen molar-refractivity contribution >= 4 is 6.29 Å². The molecule has 1 rings (SSSR count). The molecule has 1 nitrogen and oxygen atoms in total. The molecule has 0 aromatic heterocycles. The molecule has 0 saturated heterocycles. The Kier molecular flexibility index (Phi) is 5.51. The molecule has 0 radical (unpaired) electrons. The Hall–Kier alpha value is -0.330. The molecule has 3 unspecified atom stereocenters. The average molecular weight is 224 g/mol. The maximum Gasteiger partial charge on any atom is 0.123 e. The highest BCUT2D eigenvalue weighted by atomic mass is 16.1. The molecule has 0 heterocycles. The minimum absolute atomic E-state index is 0.353. The summed E-state index contributed by atoms with van der Waals surface area (Å²) in [6, 6.07) is 0. The topological polar surface area (TPSA) is 17.1 Å². The Morgan fingerprint density at radius 2 is 1.69 bits per heavy atom. The first-order chi connectivity index (χ1) is 7.52. The minimum atomic E-state index is 0.353. The quantitative estimate of drug-likeness (QED) is 0.636. The van der Waals surface area contributed by atoms with Gasteiger partial charge in [-0.25, -0.2) is 0 Å². The molecule has 3 atom stereocenters. The molecule has 0 N–H and O–H groups in total. The van der Waals surface area contributed by atoms with E-state index >= 15 is 0 Å². The van der Waals surface area contributed by atoms with Gasteiger partial charge < -0.3 is 4.79 Å². The lowest BCUT2D eigenvalue weighted by Crippen LogP contribution is -2.27. The Balaban J connectivity index is 2.51. The van der Waals surface area contributed by atoms with Gasteiger partial charge >= 0.3 is 0 Å². The molecule has 0 aromatic rings. The third kappa shape index (κ3) is 4.27. The summed E-state index contributed by atoms with van der Waals surface area (Å²) in [6.45, 7) is 9.16. The van der Waals surface area contributed by atoms with Crippen LogP contribution in [0.15, 0.2) is 0 Å². The van der Waals surface area contributed by atoms with Crippen LogP contribution in [0, 0.1) is 29.6 Å². The van der Waals surface area contributed by atoms with Gasteiger partial charge in [0.2, 0.25) is 0 Å². The lowest BCUT2D eigenvalue weighted by molar-refractivity contribution is -0.114. The average Bonchev–Trinajstić information content (AvgIpc) is 2.16. The smallest absolute Gasteiger partial charge is 0.123 e. The van der Waals surface area contributed by atoms with Crippen LogP contribution in [0.5, 0.6) is 0 Å². The highest BCUT2D eigenvalue weighted by Crippen LogP contribution is 2.39. The van der Waals surface area contributed by atoms with Gasteiger partial charge in [0.25, 0.3) is 0 Å². The first-order valence-corrected chi connectivity index (χ1v) is 6.98. The lowest BCUT2D eigenvalue weighted by atomic mass is 9.70. The molecule has 0 aliphatic heterocycles. The predicted octanol–water partition coefficient (Wildman–Crippen LogP) is 4.31. The van der Waals surface area contributed by atoms with Crippen LogP contribution in [0.3, 0.4) is 0 Å². The van der Waals surface area contributed by atoms with Crippen molar-refractivity contribution < 1.29 is 4.79 Å². The van der Waals surface area contributed by atoms with Crippen LogP contribution in [0.2, 0.25) is 0 Å². The van der Waals surface area contributed by atoms with Crippen molar-refractivity contribution in [2.24, 2.45) is 29.6 Å². The van der Waals surface area contributed by atoms with Crippen LogP contribution in [-0.2, 0) is 4.79 Å². The van der Waals surface area contributed by atoms with Crippen LogP contribution in [0.1, 0.15) is 59.8 Å². The summed E-state index contributed by atoms with van der Waals surface area (Å²) >= 11 is 0. The fraction of sp³-hybridized carbons (Fsp3) is 0.933. The van der Waals surface area contributed by atoms with Crippen molar-refractivity contribution in [2.75, 3.05) is 0 Å². The Bertz CT molecular complexity index is 207. The number of rotatable bonds is 5. The van der Waals surface area contributed by atoms with Crippen LogP contribution >= 0.6 is 0 Å². The summed E-state index contributed by atoms with van der Waals surface area (Å²) in [7, 11) is 0. The fourth-order valence-corrected chi connectivity index (χ4v) is 3.32. The zero-order valence-electron chi connectivity index (χ0n) is 11.4. The van der Waals surface area contributed by atoms with E-state index in [4.69, 9.17) is 0 Å². The van der Waals surface area contributed by atoms with E-state index < -0.39 is 0 Å². The van der Waals surface area contributed by atoms with E-state index in [9.17, 15) is 4.79 Å². The Morgan fingerprint density at radius 3 is 2.19 bits per heavy atom. The highest BCUT2D eigenvalue weighted by Gasteiger charge is 2.30. The molecule has 0 aromatic carbocycles. The molecule has 16 heavy (non-hydrogen) atoms. The largest absolute Gasteiger partial charge is 0.303 e. The number of carbonyl (C=O) groups excluding carboxylic acids is 1. The van der Waals surface area contributed by atoms with Gasteiger partial charge in [0.1, 0.15) is 6.29 Å². The molecule has 0 amide bonds. The van der Waals surface area contributed by atoms with E-state index in [-0.39, 0.29) is 0 Å². The summed E-state index contributed by atoms with van der Waals surface area (Å²) in [4.78, 5) is 11.1. The first kappa shape index (κ1) is 13.7. The van der Waals surface area contributed by atoms with Gasteiger partial charge in [0, 0.05) is 5.92 Å². The van der Waals surface area contributed by atoms with E-state index in [0.29, 0.717) is 11.8 Å². The van der Waals surface area contributed by atoms with Crippen molar-refractivity contribution in [1.29, 1.82) is 0 Å². The Labute approximate surface area is 101 Å². The summed E-state index contributed by atoms with van der Waals surface area (Å²) < 4.78 is 0. The summed E-state index contributed by atoms with van der Waals surface area (Å²) in [6.07, 6.45) is 7.50. The highest BCUT2D eigenvalue weighted by molar-refractivity contribution is 5.54. The summed E-state index contributed by atoms with van der Waals surface area (Å²) in [5.74, 6) is 3.42. The van der Waals surface area contributed by atoms with Crippen molar-refractivity contribution in [1.82, 2.24) is 0 Å². The van der Waals surface area contributed by atoms with Crippen LogP contribution in [0.25, 0.3) is 0 Å². The van der Waals surface area contributed by atoms with E-state index in [0.717, 1.165) is 24.2 Å². The molecule has 0 spiro atoms. The van der Waals surface area contributed by atoms with Gasteiger partial charge in [-0.2, -0.15) is 0 Å². The second-order valence-electron chi connectivity index (χ2n) is 6.50. The lowest BCUT2D eigenvalue weighted by Gasteiger charge is -2.35. The normalized spacial score (nSPS) is 31.0. The van der Waals surface area contributed by atoms with E-state index in [1.165, 1.54) is 32.0 Å². The molecule has 1 saturated carbocycles. The number of hydrogen-bond acceptors (Lipinski definition) is 1. The second-order valence-corrected chi connectivity index (χ2v) is 6.50. The number of aldehydes is 1. The van der Waals surface area contributed by atoms with E-state index in [2.05, 4.69) is 27.7 Å². The molecule has 1 aliphatic carbocycles. The third-order valence-corrected chi connectivity index (χ3v) is 3.90. The zero-order chi connectivity index (χ0) is 12.1. The molecule has 1 aliphatic rings. The van der Waals surface area contributed by atoms with Crippen molar-refractivity contribution in [3.8, 4) is 0 Å². The maximum atomic E-state index is 11.1. The Morgan fingerprint density at radius 1 is 1.06 bits per heavy atom. The van der Waals surface area contributed by atoms with Crippen molar-refractivity contribution in [3.63, 3.8) is 0 Å². The first-order valence-electron chi connectivity index (χ1n) is 6.98. The van der Waals surface area contributed by atoms with Crippen molar-refractivity contribution in [2.45, 2.75) is 59.8 Å². The molecule has 1 fully saturated rings. The molecular weight excluding hydrogens is 196 g/mol.